The van der Waals surface area contributed by atoms with Gasteiger partial charge in [0.2, 0.25) is 0 Å². The Kier molecular flexibility index (Phi) is 2.39. The number of nitrogens with one attached hydrogen (secondary N) is 1. The molecule has 0 bridgehead atoms. The first-order valence-corrected chi connectivity index (χ1v) is 4.49. The Hall–Kier alpha value is -1.88. The maximum atomic E-state index is 10.3. The summed E-state index contributed by atoms with van der Waals surface area (Å²) in [4.78, 5) is 17.2. The van der Waals surface area contributed by atoms with E-state index in [1.165, 1.54) is 0 Å². The smallest absolute Gasteiger partial charge is 0.136 e. The number of benzene rings is 1. The van der Waals surface area contributed by atoms with Crippen molar-refractivity contribution in [1.82, 2.24) is 9.97 Å². The third-order valence-electron chi connectivity index (χ3n) is 2.08. The Morgan fingerprint density at radius 1 is 1.53 bits per heavy atom. The minimum absolute atomic E-state index is 0.250. The van der Waals surface area contributed by atoms with Crippen LogP contribution in [0, 0.1) is 0 Å². The van der Waals surface area contributed by atoms with Gasteiger partial charge in [0, 0.05) is 12.4 Å². The normalized spacial score (nSPS) is 12.9. The van der Waals surface area contributed by atoms with E-state index in [9.17, 15) is 15.0 Å². The number of carbonyl (C=O) groups excluding carboxylic acids is 1. The van der Waals surface area contributed by atoms with Crippen LogP contribution in [0.4, 0.5) is 0 Å². The number of carboxylic acid groups (broad SMARTS) is 1. The van der Waals surface area contributed by atoms with E-state index < -0.39 is 18.5 Å². The van der Waals surface area contributed by atoms with Crippen molar-refractivity contribution in [2.24, 2.45) is 0 Å². The number of aromatic amines is 1. The van der Waals surface area contributed by atoms with Gasteiger partial charge in [0.25, 0.3) is 0 Å². The standard InChI is InChI=1S/C10H10N2O3/c13-8(5-9(14)15)10-11-6-3-1-2-4-7(6)12-10/h1-4,8,13H,5H2,(H,11,12)(H,14,15)/p-1/t8-/m1/s1. The summed E-state index contributed by atoms with van der Waals surface area (Å²) < 4.78 is 0. The summed E-state index contributed by atoms with van der Waals surface area (Å²) in [6, 6.07) is 7.23. The lowest BCUT2D eigenvalue weighted by atomic mass is 10.2. The number of hydrogen-bond donors (Lipinski definition) is 2. The second kappa shape index (κ2) is 3.70. The Morgan fingerprint density at radius 3 is 2.93 bits per heavy atom. The van der Waals surface area contributed by atoms with E-state index >= 15 is 0 Å². The quantitative estimate of drug-likeness (QED) is 0.722. The van der Waals surface area contributed by atoms with Crippen LogP contribution in [0.3, 0.4) is 0 Å². The van der Waals surface area contributed by atoms with E-state index in [0.717, 1.165) is 5.52 Å². The van der Waals surface area contributed by atoms with Crippen molar-refractivity contribution in [3.8, 4) is 0 Å². The molecule has 0 spiro atoms. The van der Waals surface area contributed by atoms with E-state index in [0.29, 0.717) is 5.52 Å². The van der Waals surface area contributed by atoms with Crippen LogP contribution < -0.4 is 5.11 Å². The number of H-pyrrole nitrogens is 1. The molecule has 2 N–H and O–H groups in total. The molecule has 78 valence electrons. The molecule has 0 aliphatic heterocycles. The maximum absolute atomic E-state index is 10.3. The fraction of sp³-hybridized carbons (Fsp3) is 0.200. The van der Waals surface area contributed by atoms with Gasteiger partial charge in [-0.3, -0.25) is 0 Å². The number of carboxylic acids is 1. The highest BCUT2D eigenvalue weighted by Gasteiger charge is 2.12. The molecule has 1 aromatic heterocycles. The maximum Gasteiger partial charge on any atom is 0.136 e. The van der Waals surface area contributed by atoms with E-state index in [1.807, 2.05) is 12.1 Å². The summed E-state index contributed by atoms with van der Waals surface area (Å²) in [7, 11) is 0. The number of imidazole rings is 1. The number of hydrogen-bond acceptors (Lipinski definition) is 4. The zero-order valence-electron chi connectivity index (χ0n) is 7.80. The van der Waals surface area contributed by atoms with Crippen LogP contribution in [-0.2, 0) is 4.79 Å². The molecule has 0 saturated heterocycles. The average molecular weight is 205 g/mol. The molecule has 1 heterocycles. The first-order chi connectivity index (χ1) is 7.16. The van der Waals surface area contributed by atoms with Gasteiger partial charge in [-0.25, -0.2) is 4.98 Å². The predicted octanol–water partition coefficient (Wildman–Crippen LogP) is -0.264. The number of fused-ring (bicyclic) bond motifs is 1. The third-order valence-corrected chi connectivity index (χ3v) is 2.08. The molecular formula is C10H9N2O3-. The zero-order valence-corrected chi connectivity index (χ0v) is 7.80. The molecule has 0 aliphatic carbocycles. The topological polar surface area (TPSA) is 89.0 Å². The number of nitrogens with zero attached hydrogens (tertiary/aromatic N) is 1. The van der Waals surface area contributed by atoms with Crippen molar-refractivity contribution < 1.29 is 15.0 Å². The largest absolute Gasteiger partial charge is 0.550 e. The zero-order chi connectivity index (χ0) is 10.8. The first kappa shape index (κ1) is 9.67. The molecular weight excluding hydrogens is 196 g/mol. The van der Waals surface area contributed by atoms with Crippen LogP contribution in [0.25, 0.3) is 11.0 Å². The Balaban J connectivity index is 2.32. The highest BCUT2D eigenvalue weighted by atomic mass is 16.4. The lowest BCUT2D eigenvalue weighted by Crippen LogP contribution is -2.24. The molecule has 0 radical (unpaired) electrons. The van der Waals surface area contributed by atoms with Gasteiger partial charge in [0.05, 0.1) is 11.0 Å². The first-order valence-electron chi connectivity index (χ1n) is 4.49. The van der Waals surface area contributed by atoms with Gasteiger partial charge in [-0.15, -0.1) is 0 Å². The minimum Gasteiger partial charge on any atom is -0.550 e. The number of aliphatic carboxylic acids is 1. The lowest BCUT2D eigenvalue weighted by Gasteiger charge is -2.07. The summed E-state index contributed by atoms with van der Waals surface area (Å²) in [6.45, 7) is 0. The Morgan fingerprint density at radius 2 is 2.27 bits per heavy atom. The van der Waals surface area contributed by atoms with Crippen LogP contribution in [0.15, 0.2) is 24.3 Å². The molecule has 5 heteroatoms. The van der Waals surface area contributed by atoms with Gasteiger partial charge < -0.3 is 20.0 Å². The fourth-order valence-electron chi connectivity index (χ4n) is 1.38. The average Bonchev–Trinajstić information content (AvgIpc) is 2.59. The molecule has 1 atom stereocenters. The van der Waals surface area contributed by atoms with Gasteiger partial charge in [0.1, 0.15) is 11.9 Å². The van der Waals surface area contributed by atoms with Crippen LogP contribution in [0.5, 0.6) is 0 Å². The van der Waals surface area contributed by atoms with E-state index in [1.54, 1.807) is 12.1 Å². The molecule has 2 aromatic rings. The number of aliphatic hydroxyl groups is 1. The Labute approximate surface area is 85.4 Å². The number of aliphatic hydroxyl groups excluding tert-OH is 1. The van der Waals surface area contributed by atoms with Crippen molar-refractivity contribution in [2.75, 3.05) is 0 Å². The van der Waals surface area contributed by atoms with Gasteiger partial charge in [-0.1, -0.05) is 12.1 Å². The van der Waals surface area contributed by atoms with Crippen LogP contribution in [0.2, 0.25) is 0 Å². The van der Waals surface area contributed by atoms with Gasteiger partial charge in [0.15, 0.2) is 0 Å². The number of rotatable bonds is 3. The highest BCUT2D eigenvalue weighted by molar-refractivity contribution is 5.75. The van der Waals surface area contributed by atoms with E-state index in [-0.39, 0.29) is 5.82 Å². The molecule has 1 aromatic carbocycles. The molecule has 5 nitrogen and oxygen atoms in total. The van der Waals surface area contributed by atoms with E-state index in [4.69, 9.17) is 0 Å². The summed E-state index contributed by atoms with van der Waals surface area (Å²) in [5.41, 5.74) is 1.47. The SMILES string of the molecule is O=C([O-])C[C@@H](O)c1nc2ccccc2[nH]1. The predicted molar refractivity (Wildman–Crippen MR) is 50.7 cm³/mol. The van der Waals surface area contributed by atoms with Crippen molar-refractivity contribution in [3.63, 3.8) is 0 Å². The van der Waals surface area contributed by atoms with E-state index in [2.05, 4.69) is 9.97 Å². The Bertz CT molecular complexity index is 459. The monoisotopic (exact) mass is 205 g/mol. The fourth-order valence-corrected chi connectivity index (χ4v) is 1.38. The van der Waals surface area contributed by atoms with Gasteiger partial charge in [-0.2, -0.15) is 0 Å². The molecule has 0 amide bonds. The number of carbonyl (C=O) groups is 1. The second-order valence-corrected chi connectivity index (χ2v) is 3.23. The minimum atomic E-state index is -1.30. The molecule has 15 heavy (non-hydrogen) atoms. The summed E-state index contributed by atoms with van der Waals surface area (Å²) in [5.74, 6) is -1.05. The molecule has 0 fully saturated rings. The van der Waals surface area contributed by atoms with Crippen molar-refractivity contribution >= 4 is 17.0 Å². The van der Waals surface area contributed by atoms with Crippen LogP contribution >= 0.6 is 0 Å². The summed E-state index contributed by atoms with van der Waals surface area (Å²) >= 11 is 0. The van der Waals surface area contributed by atoms with Crippen LogP contribution in [0.1, 0.15) is 18.3 Å². The summed E-state index contributed by atoms with van der Waals surface area (Å²) in [5, 5.41) is 19.8. The second-order valence-electron chi connectivity index (χ2n) is 3.23. The number of aromatic nitrogens is 2. The van der Waals surface area contributed by atoms with Crippen molar-refractivity contribution in [1.29, 1.82) is 0 Å². The number of para-hydroxylation sites is 2. The molecule has 2 rings (SSSR count). The van der Waals surface area contributed by atoms with Gasteiger partial charge >= 0.3 is 0 Å². The van der Waals surface area contributed by atoms with Crippen molar-refractivity contribution in [2.45, 2.75) is 12.5 Å². The van der Waals surface area contributed by atoms with Gasteiger partial charge in [-0.05, 0) is 12.1 Å². The van der Waals surface area contributed by atoms with Crippen molar-refractivity contribution in [3.05, 3.63) is 30.1 Å². The summed E-state index contributed by atoms with van der Waals surface area (Å²) in [6.07, 6.45) is -1.61. The highest BCUT2D eigenvalue weighted by Crippen LogP contribution is 2.17. The molecule has 0 saturated carbocycles. The lowest BCUT2D eigenvalue weighted by molar-refractivity contribution is -0.307. The molecule has 0 unspecified atom stereocenters. The third kappa shape index (κ3) is 1.97. The molecule has 0 aliphatic rings. The van der Waals surface area contributed by atoms with Crippen LogP contribution in [-0.4, -0.2) is 21.0 Å².